The minimum absolute atomic E-state index is 0.000741. The fourth-order valence-corrected chi connectivity index (χ4v) is 5.90. The fourth-order valence-electron chi connectivity index (χ4n) is 5.90. The van der Waals surface area contributed by atoms with Crippen molar-refractivity contribution >= 4 is 11.6 Å². The summed E-state index contributed by atoms with van der Waals surface area (Å²) in [5.74, 6) is 1.88. The molecule has 6 aliphatic rings. The molecule has 0 spiro atoms. The molecule has 4 aliphatic carbocycles. The number of carbonyl (C=O) groups is 2. The van der Waals surface area contributed by atoms with Gasteiger partial charge in [-0.2, -0.15) is 10.2 Å². The van der Waals surface area contributed by atoms with Crippen LogP contribution in [0.15, 0.2) is 10.2 Å². The molecule has 8 atom stereocenters. The molecule has 4 bridgehead atoms. The molecule has 18 heavy (non-hydrogen) atoms. The van der Waals surface area contributed by atoms with Crippen LogP contribution in [0.25, 0.3) is 0 Å². The van der Waals surface area contributed by atoms with Crippen LogP contribution in [0.2, 0.25) is 0 Å². The minimum atomic E-state index is -0.0847. The van der Waals surface area contributed by atoms with Crippen molar-refractivity contribution in [2.45, 2.75) is 37.8 Å². The average Bonchev–Trinajstić information content (AvgIpc) is 3.07. The van der Waals surface area contributed by atoms with Gasteiger partial charge in [0.15, 0.2) is 0 Å². The Morgan fingerprint density at radius 1 is 0.833 bits per heavy atom. The zero-order chi connectivity index (χ0) is 12.0. The molecule has 0 radical (unpaired) electrons. The lowest BCUT2D eigenvalue weighted by Gasteiger charge is -2.50. The summed E-state index contributed by atoms with van der Waals surface area (Å²) in [4.78, 5) is 23.9. The first kappa shape index (κ1) is 9.82. The van der Waals surface area contributed by atoms with E-state index in [0.29, 0.717) is 23.7 Å². The third kappa shape index (κ3) is 0.865. The van der Waals surface area contributed by atoms with Gasteiger partial charge in [0, 0.05) is 11.8 Å². The molecular weight excluding hydrogens is 228 g/mol. The Bertz CT molecular complexity index is 458. The first-order valence-corrected chi connectivity index (χ1v) is 7.25. The summed E-state index contributed by atoms with van der Waals surface area (Å²) in [6, 6.07) is 0.527. The van der Waals surface area contributed by atoms with Crippen molar-refractivity contribution in [2.75, 3.05) is 0 Å². The predicted octanol–water partition coefficient (Wildman–Crippen LogP) is 1.64. The lowest BCUT2D eigenvalue weighted by Crippen LogP contribution is -2.57. The van der Waals surface area contributed by atoms with Gasteiger partial charge in [0.25, 0.3) is 0 Å². The molecule has 0 unspecified atom stereocenters. The fraction of sp³-hybridized carbons (Fsp3) is 0.857. The van der Waals surface area contributed by atoms with Crippen LogP contribution in [0.4, 0.5) is 0 Å². The largest absolute Gasteiger partial charge is 0.291 e. The number of hydrogen-bond acceptors (Lipinski definition) is 4. The molecule has 4 saturated carbocycles. The van der Waals surface area contributed by atoms with E-state index in [9.17, 15) is 9.59 Å². The number of rotatable bonds is 0. The maximum absolute atomic E-state index is 12.0. The van der Waals surface area contributed by atoms with Crippen molar-refractivity contribution in [3.63, 3.8) is 0 Å². The summed E-state index contributed by atoms with van der Waals surface area (Å²) < 4.78 is 0. The molecule has 4 fully saturated rings. The average molecular weight is 244 g/mol. The standard InChI is InChI=1S/C14H16N2O2/c17-13-7-4-8(14(13)18)10-9(7)11-5-2-1-3-6(5)12(10)16-15-11/h5-12H,1-4H2/t5-,6+,7+,8-,9+,10-,11-,12+. The second kappa shape index (κ2) is 2.91. The van der Waals surface area contributed by atoms with Gasteiger partial charge >= 0.3 is 0 Å². The monoisotopic (exact) mass is 244 g/mol. The predicted molar refractivity (Wildman–Crippen MR) is 61.9 cm³/mol. The van der Waals surface area contributed by atoms with Crippen LogP contribution >= 0.6 is 0 Å². The van der Waals surface area contributed by atoms with Gasteiger partial charge in [0.05, 0.1) is 12.1 Å². The number of Topliss-reactive ketones (excluding diaryl/α,β-unsaturated/α-hetero) is 2. The summed E-state index contributed by atoms with van der Waals surface area (Å²) in [5.41, 5.74) is 0. The molecule has 2 aliphatic heterocycles. The van der Waals surface area contributed by atoms with Gasteiger partial charge in [-0.05, 0) is 42.9 Å². The van der Waals surface area contributed by atoms with Gasteiger partial charge in [0.2, 0.25) is 11.6 Å². The van der Waals surface area contributed by atoms with E-state index in [-0.39, 0.29) is 35.5 Å². The summed E-state index contributed by atoms with van der Waals surface area (Å²) in [6.07, 6.45) is 4.61. The summed E-state index contributed by atoms with van der Waals surface area (Å²) in [6.45, 7) is 0. The SMILES string of the molecule is O=C1C(=O)[C@@H]2C[C@H]1[C@@H]1[C@@H]3N=N[C@@H]([C@H]4CCC[C@H]43)[C@@H]12. The van der Waals surface area contributed by atoms with Crippen LogP contribution < -0.4 is 0 Å². The van der Waals surface area contributed by atoms with E-state index in [1.165, 1.54) is 19.3 Å². The Labute approximate surface area is 105 Å². The molecule has 2 heterocycles. The minimum Gasteiger partial charge on any atom is -0.291 e. The lowest BCUT2D eigenvalue weighted by atomic mass is 9.58. The Hall–Kier alpha value is -1.06. The summed E-state index contributed by atoms with van der Waals surface area (Å²) in [7, 11) is 0. The molecule has 0 aromatic rings. The van der Waals surface area contributed by atoms with E-state index >= 15 is 0 Å². The van der Waals surface area contributed by atoms with E-state index in [2.05, 4.69) is 10.2 Å². The third-order valence-electron chi connectivity index (χ3n) is 6.42. The number of fused-ring (bicyclic) bond motifs is 2. The van der Waals surface area contributed by atoms with E-state index in [1.54, 1.807) is 0 Å². The van der Waals surface area contributed by atoms with Crippen LogP contribution in [0.3, 0.4) is 0 Å². The zero-order valence-electron chi connectivity index (χ0n) is 10.2. The van der Waals surface area contributed by atoms with Crippen molar-refractivity contribution in [1.29, 1.82) is 0 Å². The molecule has 4 nitrogen and oxygen atoms in total. The Morgan fingerprint density at radius 2 is 1.33 bits per heavy atom. The first-order valence-electron chi connectivity index (χ1n) is 7.25. The van der Waals surface area contributed by atoms with Gasteiger partial charge in [-0.15, -0.1) is 0 Å². The third-order valence-corrected chi connectivity index (χ3v) is 6.42. The molecule has 0 aromatic heterocycles. The number of azo groups is 1. The topological polar surface area (TPSA) is 58.9 Å². The second-order valence-electron chi connectivity index (χ2n) is 6.80. The van der Waals surface area contributed by atoms with Gasteiger partial charge < -0.3 is 0 Å². The summed E-state index contributed by atoms with van der Waals surface area (Å²) in [5, 5.41) is 9.05. The Morgan fingerprint density at radius 3 is 1.83 bits per heavy atom. The maximum Gasteiger partial charge on any atom is 0.202 e. The van der Waals surface area contributed by atoms with Crippen LogP contribution in [-0.4, -0.2) is 23.7 Å². The second-order valence-corrected chi connectivity index (χ2v) is 6.80. The van der Waals surface area contributed by atoms with Crippen molar-refractivity contribution in [3.8, 4) is 0 Å². The van der Waals surface area contributed by atoms with E-state index in [4.69, 9.17) is 0 Å². The normalized spacial score (nSPS) is 59.3. The molecule has 4 heteroatoms. The van der Waals surface area contributed by atoms with Gasteiger partial charge in [0.1, 0.15) is 0 Å². The first-order chi connectivity index (χ1) is 8.77. The van der Waals surface area contributed by atoms with Gasteiger partial charge in [-0.1, -0.05) is 6.42 Å². The van der Waals surface area contributed by atoms with Crippen LogP contribution in [-0.2, 0) is 9.59 Å². The Balaban J connectivity index is 1.64. The lowest BCUT2D eigenvalue weighted by molar-refractivity contribution is -0.144. The van der Waals surface area contributed by atoms with E-state index in [0.717, 1.165) is 6.42 Å². The smallest absolute Gasteiger partial charge is 0.202 e. The van der Waals surface area contributed by atoms with Crippen molar-refractivity contribution < 1.29 is 9.59 Å². The van der Waals surface area contributed by atoms with E-state index in [1.807, 2.05) is 0 Å². The van der Waals surface area contributed by atoms with Crippen molar-refractivity contribution in [2.24, 2.45) is 45.7 Å². The molecule has 6 rings (SSSR count). The van der Waals surface area contributed by atoms with E-state index < -0.39 is 0 Å². The zero-order valence-corrected chi connectivity index (χ0v) is 10.2. The highest BCUT2D eigenvalue weighted by Crippen LogP contribution is 2.63. The molecule has 94 valence electrons. The van der Waals surface area contributed by atoms with Crippen molar-refractivity contribution in [3.05, 3.63) is 0 Å². The molecule has 0 N–H and O–H groups in total. The highest BCUT2D eigenvalue weighted by molar-refractivity contribution is 6.41. The Kier molecular flexibility index (Phi) is 1.59. The van der Waals surface area contributed by atoms with Crippen LogP contribution in [0.1, 0.15) is 25.7 Å². The van der Waals surface area contributed by atoms with Crippen LogP contribution in [0, 0.1) is 35.5 Å². The number of carbonyl (C=O) groups excluding carboxylic acids is 2. The highest BCUT2D eigenvalue weighted by Gasteiger charge is 2.68. The molecule has 0 amide bonds. The molecular formula is C14H16N2O2. The summed E-state index contributed by atoms with van der Waals surface area (Å²) >= 11 is 0. The molecule has 0 aromatic carbocycles. The maximum atomic E-state index is 12.0. The van der Waals surface area contributed by atoms with Crippen LogP contribution in [0.5, 0.6) is 0 Å². The molecule has 0 saturated heterocycles. The number of hydrogen-bond donors (Lipinski definition) is 0. The van der Waals surface area contributed by atoms with Gasteiger partial charge in [-0.3, -0.25) is 9.59 Å². The number of ketones is 2. The van der Waals surface area contributed by atoms with Gasteiger partial charge in [-0.25, -0.2) is 0 Å². The quantitative estimate of drug-likeness (QED) is 0.608. The highest BCUT2D eigenvalue weighted by atomic mass is 16.2. The van der Waals surface area contributed by atoms with Crippen molar-refractivity contribution in [1.82, 2.24) is 0 Å². The number of nitrogens with zero attached hydrogens (tertiary/aromatic N) is 2.